The molecule has 158 valence electrons. The predicted molar refractivity (Wildman–Crippen MR) is 109 cm³/mol. The second kappa shape index (κ2) is 10.0. The Morgan fingerprint density at radius 3 is 2.43 bits per heavy atom. The van der Waals surface area contributed by atoms with Gasteiger partial charge in [-0.25, -0.2) is 0 Å². The maximum atomic E-state index is 12.8. The largest absolute Gasteiger partial charge is 0.295 e. The topological polar surface area (TPSA) is 132 Å². The molecule has 1 unspecified atom stereocenters. The summed E-state index contributed by atoms with van der Waals surface area (Å²) in [7, 11) is 0. The van der Waals surface area contributed by atoms with Gasteiger partial charge in [-0.05, 0) is 48.9 Å². The van der Waals surface area contributed by atoms with Crippen molar-refractivity contribution in [2.24, 2.45) is 5.11 Å². The van der Waals surface area contributed by atoms with Crippen LogP contribution in [0.1, 0.15) is 77.6 Å². The average Bonchev–Trinajstić information content (AvgIpc) is 2.97. The summed E-state index contributed by atoms with van der Waals surface area (Å²) in [5.74, 6) is -1.92. The van der Waals surface area contributed by atoms with Crippen molar-refractivity contribution in [3.8, 4) is 0 Å². The van der Waals surface area contributed by atoms with E-state index in [-0.39, 0.29) is 18.7 Å². The molecule has 30 heavy (non-hydrogen) atoms. The summed E-state index contributed by atoms with van der Waals surface area (Å²) in [5.41, 5.74) is 9.86. The zero-order valence-corrected chi connectivity index (χ0v) is 16.8. The minimum atomic E-state index is -0.933. The molecule has 1 fully saturated rings. The van der Waals surface area contributed by atoms with Crippen LogP contribution in [0.4, 0.5) is 0 Å². The lowest BCUT2D eigenvalue weighted by Crippen LogP contribution is -2.54. The highest BCUT2D eigenvalue weighted by Gasteiger charge is 2.44. The van der Waals surface area contributed by atoms with E-state index in [1.807, 2.05) is 6.07 Å². The van der Waals surface area contributed by atoms with E-state index >= 15 is 0 Å². The van der Waals surface area contributed by atoms with Gasteiger partial charge in [-0.3, -0.25) is 29.4 Å². The SMILES string of the molecule is [N-]=[N+]=NCCCCCCCCc1ccc2c(c1)C(=O)N(C1CCC(=O)NC1=O)C2=O. The molecule has 0 spiro atoms. The van der Waals surface area contributed by atoms with Gasteiger partial charge in [0, 0.05) is 17.9 Å². The number of rotatable bonds is 10. The average molecular weight is 411 g/mol. The number of benzene rings is 1. The molecule has 2 aliphatic rings. The summed E-state index contributed by atoms with van der Waals surface area (Å²) in [4.78, 5) is 52.7. The summed E-state index contributed by atoms with van der Waals surface area (Å²) in [6.07, 6.45) is 7.28. The van der Waals surface area contributed by atoms with Gasteiger partial charge in [-0.1, -0.05) is 36.9 Å². The summed E-state index contributed by atoms with van der Waals surface area (Å²) in [5, 5.41) is 5.72. The van der Waals surface area contributed by atoms with Crippen molar-refractivity contribution in [3.63, 3.8) is 0 Å². The Bertz CT molecular complexity index is 907. The first-order chi connectivity index (χ1) is 14.5. The van der Waals surface area contributed by atoms with Crippen molar-refractivity contribution >= 4 is 23.6 Å². The second-order valence-corrected chi connectivity index (χ2v) is 7.65. The maximum Gasteiger partial charge on any atom is 0.262 e. The smallest absolute Gasteiger partial charge is 0.262 e. The Labute approximate surface area is 174 Å². The van der Waals surface area contributed by atoms with Gasteiger partial charge >= 0.3 is 0 Å². The molecule has 9 nitrogen and oxygen atoms in total. The first kappa shape index (κ1) is 21.5. The summed E-state index contributed by atoms with van der Waals surface area (Å²) < 4.78 is 0. The van der Waals surface area contributed by atoms with E-state index in [0.717, 1.165) is 55.4 Å². The summed E-state index contributed by atoms with van der Waals surface area (Å²) >= 11 is 0. The molecule has 1 saturated heterocycles. The van der Waals surface area contributed by atoms with Gasteiger partial charge in [-0.2, -0.15) is 0 Å². The molecule has 0 aliphatic carbocycles. The Hall–Kier alpha value is -3.19. The number of imide groups is 2. The molecule has 1 aromatic carbocycles. The highest BCUT2D eigenvalue weighted by Crippen LogP contribution is 2.28. The van der Waals surface area contributed by atoms with Crippen LogP contribution >= 0.6 is 0 Å². The maximum absolute atomic E-state index is 12.8. The van der Waals surface area contributed by atoms with Crippen LogP contribution in [0.5, 0.6) is 0 Å². The third-order valence-electron chi connectivity index (χ3n) is 5.54. The molecular formula is C21H25N5O4. The lowest BCUT2D eigenvalue weighted by Gasteiger charge is -2.27. The lowest BCUT2D eigenvalue weighted by molar-refractivity contribution is -0.136. The first-order valence-electron chi connectivity index (χ1n) is 10.4. The predicted octanol–water partition coefficient (Wildman–Crippen LogP) is 3.28. The molecule has 1 aromatic rings. The molecule has 3 rings (SSSR count). The molecule has 4 amide bonds. The molecule has 1 N–H and O–H groups in total. The number of hydrogen-bond acceptors (Lipinski definition) is 5. The minimum absolute atomic E-state index is 0.112. The number of nitrogens with zero attached hydrogens (tertiary/aromatic N) is 4. The Kier molecular flexibility index (Phi) is 7.19. The van der Waals surface area contributed by atoms with Crippen LogP contribution in [-0.2, 0) is 16.0 Å². The van der Waals surface area contributed by atoms with Crippen molar-refractivity contribution in [2.45, 2.75) is 63.8 Å². The van der Waals surface area contributed by atoms with E-state index in [4.69, 9.17) is 5.53 Å². The molecule has 0 radical (unpaired) electrons. The zero-order chi connectivity index (χ0) is 21.5. The van der Waals surface area contributed by atoms with Crippen molar-refractivity contribution in [1.29, 1.82) is 0 Å². The number of fused-ring (bicyclic) bond motifs is 1. The fourth-order valence-electron chi connectivity index (χ4n) is 3.94. The number of amides is 4. The van der Waals surface area contributed by atoms with Gasteiger partial charge < -0.3 is 0 Å². The van der Waals surface area contributed by atoms with E-state index in [9.17, 15) is 19.2 Å². The molecule has 0 saturated carbocycles. The third kappa shape index (κ3) is 4.86. The van der Waals surface area contributed by atoms with Crippen LogP contribution in [0, 0.1) is 0 Å². The van der Waals surface area contributed by atoms with Crippen LogP contribution in [0.25, 0.3) is 10.4 Å². The quantitative estimate of drug-likeness (QED) is 0.208. The number of hydrogen-bond donors (Lipinski definition) is 1. The Morgan fingerprint density at radius 1 is 1.00 bits per heavy atom. The highest BCUT2D eigenvalue weighted by molar-refractivity contribution is 6.23. The number of carbonyl (C=O) groups excluding carboxylic acids is 4. The monoisotopic (exact) mass is 411 g/mol. The van der Waals surface area contributed by atoms with Crippen molar-refractivity contribution in [2.75, 3.05) is 6.54 Å². The van der Waals surface area contributed by atoms with Crippen LogP contribution in [0.15, 0.2) is 23.3 Å². The number of piperidine rings is 1. The Morgan fingerprint density at radius 2 is 1.70 bits per heavy atom. The standard InChI is InChI=1S/C21H25N5O4/c22-25-23-12-6-4-2-1-3-5-7-14-8-9-15-16(13-14)21(30)26(20(15)29)17-10-11-18(27)24-19(17)28/h8-9,13,17H,1-7,10-12H2,(H,24,27,28). The summed E-state index contributed by atoms with van der Waals surface area (Å²) in [6.45, 7) is 0.550. The van der Waals surface area contributed by atoms with Crippen molar-refractivity contribution in [3.05, 3.63) is 45.3 Å². The van der Waals surface area contributed by atoms with Gasteiger partial charge in [-0.15, -0.1) is 0 Å². The fourth-order valence-corrected chi connectivity index (χ4v) is 3.94. The van der Waals surface area contributed by atoms with E-state index in [2.05, 4.69) is 15.3 Å². The second-order valence-electron chi connectivity index (χ2n) is 7.65. The number of unbranched alkanes of at least 4 members (excludes halogenated alkanes) is 5. The van der Waals surface area contributed by atoms with Gasteiger partial charge in [0.2, 0.25) is 11.8 Å². The molecule has 9 heteroatoms. The highest BCUT2D eigenvalue weighted by atomic mass is 16.2. The van der Waals surface area contributed by atoms with E-state index < -0.39 is 23.8 Å². The molecule has 2 aliphatic heterocycles. The van der Waals surface area contributed by atoms with Crippen molar-refractivity contribution < 1.29 is 19.2 Å². The lowest BCUT2D eigenvalue weighted by atomic mass is 10.0. The molecular weight excluding hydrogens is 386 g/mol. The van der Waals surface area contributed by atoms with E-state index in [0.29, 0.717) is 17.7 Å². The molecule has 1 atom stereocenters. The number of carbonyl (C=O) groups is 4. The normalized spacial score (nSPS) is 18.3. The third-order valence-corrected chi connectivity index (χ3v) is 5.54. The van der Waals surface area contributed by atoms with Gasteiger partial charge in [0.05, 0.1) is 11.1 Å². The zero-order valence-electron chi connectivity index (χ0n) is 16.8. The minimum Gasteiger partial charge on any atom is -0.295 e. The van der Waals surface area contributed by atoms with E-state index in [1.165, 1.54) is 0 Å². The van der Waals surface area contributed by atoms with Crippen LogP contribution < -0.4 is 5.32 Å². The van der Waals surface area contributed by atoms with Gasteiger partial charge in [0.25, 0.3) is 11.8 Å². The molecule has 0 bridgehead atoms. The van der Waals surface area contributed by atoms with E-state index in [1.54, 1.807) is 12.1 Å². The van der Waals surface area contributed by atoms with Crippen LogP contribution in [-0.4, -0.2) is 41.1 Å². The Balaban J connectivity index is 1.52. The van der Waals surface area contributed by atoms with Crippen LogP contribution in [0.2, 0.25) is 0 Å². The van der Waals surface area contributed by atoms with Crippen molar-refractivity contribution in [1.82, 2.24) is 10.2 Å². The number of nitrogens with one attached hydrogen (secondary N) is 1. The van der Waals surface area contributed by atoms with Gasteiger partial charge in [0.15, 0.2) is 0 Å². The van der Waals surface area contributed by atoms with Crippen LogP contribution in [0.3, 0.4) is 0 Å². The fraction of sp³-hybridized carbons (Fsp3) is 0.524. The number of aryl methyl sites for hydroxylation is 1. The first-order valence-corrected chi connectivity index (χ1v) is 10.4. The number of azide groups is 1. The molecule has 2 heterocycles. The summed E-state index contributed by atoms with van der Waals surface area (Å²) in [6, 6.07) is 4.34. The van der Waals surface area contributed by atoms with Gasteiger partial charge in [0.1, 0.15) is 6.04 Å². The molecule has 0 aromatic heterocycles.